The van der Waals surface area contributed by atoms with Crippen LogP contribution in [-0.4, -0.2) is 19.3 Å². The monoisotopic (exact) mass is 247 g/mol. The van der Waals surface area contributed by atoms with Crippen molar-refractivity contribution in [3.8, 4) is 0 Å². The number of hydrogen-bond acceptors (Lipinski definition) is 3. The molecule has 2 nitrogen and oxygen atoms in total. The van der Waals surface area contributed by atoms with Gasteiger partial charge in [-0.05, 0) is 31.9 Å². The van der Waals surface area contributed by atoms with Crippen molar-refractivity contribution in [2.45, 2.75) is 32.4 Å². The third-order valence-corrected chi connectivity index (χ3v) is 3.49. The van der Waals surface area contributed by atoms with E-state index >= 15 is 0 Å². The van der Waals surface area contributed by atoms with E-state index in [4.69, 9.17) is 4.74 Å². The van der Waals surface area contributed by atoms with Crippen molar-refractivity contribution in [1.29, 1.82) is 0 Å². The molecule has 1 aliphatic heterocycles. The molecule has 15 heavy (non-hydrogen) atoms. The number of nitrogens with one attached hydrogen (secondary N) is 1. The predicted octanol–water partition coefficient (Wildman–Crippen LogP) is 2.75. The molecule has 0 spiro atoms. The number of hydrogen-bond donors (Lipinski definition) is 1. The first kappa shape index (κ1) is 13.0. The van der Waals surface area contributed by atoms with Gasteiger partial charge < -0.3 is 10.1 Å². The summed E-state index contributed by atoms with van der Waals surface area (Å²) < 4.78 is 5.54. The summed E-state index contributed by atoms with van der Waals surface area (Å²) in [7, 11) is 0. The van der Waals surface area contributed by atoms with Crippen LogP contribution in [0.15, 0.2) is 12.1 Å². The molecule has 0 saturated carbocycles. The molecule has 0 bridgehead atoms. The highest BCUT2D eigenvalue weighted by molar-refractivity contribution is 7.11. The van der Waals surface area contributed by atoms with Crippen molar-refractivity contribution >= 4 is 23.7 Å². The molecule has 1 aromatic rings. The van der Waals surface area contributed by atoms with Gasteiger partial charge in [0.1, 0.15) is 0 Å². The zero-order valence-corrected chi connectivity index (χ0v) is 10.6. The first-order valence-electron chi connectivity index (χ1n) is 5.22. The summed E-state index contributed by atoms with van der Waals surface area (Å²) in [6.45, 7) is 5.08. The molecule has 2 rings (SSSR count). The Morgan fingerprint density at radius 2 is 2.40 bits per heavy atom. The normalized spacial score (nSPS) is 20.2. The van der Waals surface area contributed by atoms with E-state index < -0.39 is 0 Å². The number of aryl methyl sites for hydroxylation is 1. The van der Waals surface area contributed by atoms with Gasteiger partial charge in [0.05, 0.1) is 6.10 Å². The van der Waals surface area contributed by atoms with E-state index in [-0.39, 0.29) is 12.4 Å². The van der Waals surface area contributed by atoms with Crippen LogP contribution < -0.4 is 5.32 Å². The Labute approximate surface area is 101 Å². The second-order valence-electron chi connectivity index (χ2n) is 3.78. The molecular weight excluding hydrogens is 230 g/mol. The highest BCUT2D eigenvalue weighted by atomic mass is 35.5. The summed E-state index contributed by atoms with van der Waals surface area (Å²) in [5.74, 6) is 0. The van der Waals surface area contributed by atoms with Gasteiger partial charge in [-0.15, -0.1) is 23.7 Å². The fourth-order valence-electron chi connectivity index (χ4n) is 1.74. The Balaban J connectivity index is 0.00000112. The number of halogens is 1. The van der Waals surface area contributed by atoms with Crippen LogP contribution in [0.5, 0.6) is 0 Å². The predicted molar refractivity (Wildman–Crippen MR) is 67.0 cm³/mol. The lowest BCUT2D eigenvalue weighted by Gasteiger charge is -2.09. The highest BCUT2D eigenvalue weighted by Gasteiger charge is 2.14. The average Bonchev–Trinajstić information content (AvgIpc) is 2.77. The molecule has 1 fully saturated rings. The maximum Gasteiger partial charge on any atom is 0.0700 e. The Morgan fingerprint density at radius 1 is 1.53 bits per heavy atom. The molecule has 0 amide bonds. The van der Waals surface area contributed by atoms with Crippen LogP contribution in [-0.2, 0) is 11.3 Å². The smallest absolute Gasteiger partial charge is 0.0700 e. The van der Waals surface area contributed by atoms with Gasteiger partial charge in [-0.25, -0.2) is 0 Å². The average molecular weight is 248 g/mol. The molecule has 0 aliphatic carbocycles. The maximum atomic E-state index is 5.54. The quantitative estimate of drug-likeness (QED) is 0.884. The van der Waals surface area contributed by atoms with Gasteiger partial charge in [-0.2, -0.15) is 0 Å². The van der Waals surface area contributed by atoms with E-state index in [1.165, 1.54) is 22.6 Å². The Morgan fingerprint density at radius 3 is 3.00 bits per heavy atom. The number of thiophene rings is 1. The Bertz CT molecular complexity index is 284. The molecule has 1 unspecified atom stereocenters. The standard InChI is InChI=1S/C11H17NOS.ClH/c1-9-4-5-11(14-9)8-12-7-10-3-2-6-13-10;/h4-5,10,12H,2-3,6-8H2,1H3;1H. The maximum absolute atomic E-state index is 5.54. The van der Waals surface area contributed by atoms with Crippen LogP contribution >= 0.6 is 23.7 Å². The second kappa shape index (κ2) is 6.48. The SMILES string of the molecule is Cc1ccc(CNCC2CCCO2)s1.Cl. The van der Waals surface area contributed by atoms with Gasteiger partial charge >= 0.3 is 0 Å². The fraction of sp³-hybridized carbons (Fsp3) is 0.636. The minimum absolute atomic E-state index is 0. The van der Waals surface area contributed by atoms with Gasteiger partial charge in [-0.3, -0.25) is 0 Å². The lowest BCUT2D eigenvalue weighted by atomic mass is 10.2. The number of ether oxygens (including phenoxy) is 1. The van der Waals surface area contributed by atoms with Gasteiger partial charge in [0.2, 0.25) is 0 Å². The zero-order valence-electron chi connectivity index (χ0n) is 8.99. The highest BCUT2D eigenvalue weighted by Crippen LogP contribution is 2.15. The molecule has 2 heterocycles. The summed E-state index contributed by atoms with van der Waals surface area (Å²) in [4.78, 5) is 2.81. The van der Waals surface area contributed by atoms with Crippen molar-refractivity contribution in [3.63, 3.8) is 0 Å². The summed E-state index contributed by atoms with van der Waals surface area (Å²) in [5.41, 5.74) is 0. The van der Waals surface area contributed by atoms with Crippen molar-refractivity contribution in [2.24, 2.45) is 0 Å². The van der Waals surface area contributed by atoms with Crippen molar-refractivity contribution in [3.05, 3.63) is 21.9 Å². The summed E-state index contributed by atoms with van der Waals surface area (Å²) >= 11 is 1.87. The van der Waals surface area contributed by atoms with E-state index in [2.05, 4.69) is 24.4 Å². The van der Waals surface area contributed by atoms with Crippen LogP contribution in [0.4, 0.5) is 0 Å². The summed E-state index contributed by atoms with van der Waals surface area (Å²) in [5, 5.41) is 3.44. The van der Waals surface area contributed by atoms with Crippen LogP contribution in [0.1, 0.15) is 22.6 Å². The van der Waals surface area contributed by atoms with Crippen LogP contribution in [0.25, 0.3) is 0 Å². The fourth-order valence-corrected chi connectivity index (χ4v) is 2.60. The molecule has 1 N–H and O–H groups in total. The lowest BCUT2D eigenvalue weighted by molar-refractivity contribution is 0.110. The minimum atomic E-state index is 0. The van der Waals surface area contributed by atoms with Gasteiger partial charge in [0.25, 0.3) is 0 Å². The molecule has 86 valence electrons. The largest absolute Gasteiger partial charge is 0.377 e. The molecule has 4 heteroatoms. The van der Waals surface area contributed by atoms with Crippen LogP contribution in [0.3, 0.4) is 0 Å². The van der Waals surface area contributed by atoms with Crippen molar-refractivity contribution in [2.75, 3.05) is 13.2 Å². The Kier molecular flexibility index (Phi) is 5.61. The number of rotatable bonds is 4. The van der Waals surface area contributed by atoms with E-state index in [9.17, 15) is 0 Å². The van der Waals surface area contributed by atoms with Gasteiger partial charge in [-0.1, -0.05) is 0 Å². The van der Waals surface area contributed by atoms with Crippen molar-refractivity contribution in [1.82, 2.24) is 5.32 Å². The molecule has 1 atom stereocenters. The molecular formula is C11H18ClNOS. The topological polar surface area (TPSA) is 21.3 Å². The lowest BCUT2D eigenvalue weighted by Crippen LogP contribution is -2.25. The van der Waals surface area contributed by atoms with Crippen LogP contribution in [0.2, 0.25) is 0 Å². The second-order valence-corrected chi connectivity index (χ2v) is 5.15. The first-order valence-corrected chi connectivity index (χ1v) is 6.04. The molecule has 1 aliphatic rings. The zero-order chi connectivity index (χ0) is 9.80. The molecule has 1 aromatic heterocycles. The van der Waals surface area contributed by atoms with Gasteiger partial charge in [0.15, 0.2) is 0 Å². The van der Waals surface area contributed by atoms with E-state index in [0.29, 0.717) is 6.10 Å². The molecule has 1 saturated heterocycles. The Hall–Kier alpha value is -0.0900. The minimum Gasteiger partial charge on any atom is -0.377 e. The van der Waals surface area contributed by atoms with Crippen LogP contribution in [0, 0.1) is 6.92 Å². The van der Waals surface area contributed by atoms with Crippen molar-refractivity contribution < 1.29 is 4.74 Å². The third kappa shape index (κ3) is 4.11. The van der Waals surface area contributed by atoms with E-state index in [0.717, 1.165) is 19.7 Å². The van der Waals surface area contributed by atoms with E-state index in [1.54, 1.807) is 0 Å². The molecule has 0 radical (unpaired) electrons. The third-order valence-electron chi connectivity index (χ3n) is 2.49. The summed E-state index contributed by atoms with van der Waals surface area (Å²) in [6, 6.07) is 4.37. The van der Waals surface area contributed by atoms with E-state index in [1.807, 2.05) is 11.3 Å². The van der Waals surface area contributed by atoms with Gasteiger partial charge in [0, 0.05) is 29.5 Å². The summed E-state index contributed by atoms with van der Waals surface area (Å²) in [6.07, 6.45) is 2.90. The first-order chi connectivity index (χ1) is 6.84. The molecule has 0 aromatic carbocycles.